The molecule has 2 aromatic carbocycles. The van der Waals surface area contributed by atoms with Crippen LogP contribution in [0.5, 0.6) is 11.8 Å². The number of pyridine rings is 1. The maximum absolute atomic E-state index is 16.9. The first-order chi connectivity index (χ1) is 21.3. The minimum absolute atomic E-state index is 0.0209. The third-order valence-electron chi connectivity index (χ3n) is 10.0. The number of halogens is 2. The van der Waals surface area contributed by atoms with Crippen LogP contribution in [0.4, 0.5) is 14.6 Å². The zero-order valence-electron chi connectivity index (χ0n) is 24.6. The second kappa shape index (κ2) is 10.2. The van der Waals surface area contributed by atoms with Crippen LogP contribution in [0.2, 0.25) is 0 Å². The van der Waals surface area contributed by atoms with Crippen molar-refractivity contribution in [1.29, 1.82) is 0 Å². The van der Waals surface area contributed by atoms with Crippen molar-refractivity contribution < 1.29 is 18.6 Å². The molecule has 2 bridgehead atoms. The molecule has 0 aliphatic carbocycles. The van der Waals surface area contributed by atoms with Gasteiger partial charge < -0.3 is 20.1 Å². The van der Waals surface area contributed by atoms with Crippen molar-refractivity contribution in [3.63, 3.8) is 0 Å². The highest BCUT2D eigenvalue weighted by atomic mass is 19.1. The summed E-state index contributed by atoms with van der Waals surface area (Å²) in [6, 6.07) is 9.24. The minimum atomic E-state index is -0.887. The number of alkyl halides is 1. The first kappa shape index (κ1) is 27.5. The minimum Gasteiger partial charge on any atom is -0.508 e. The first-order valence-electron chi connectivity index (χ1n) is 15.5. The number of aromatic hydroxyl groups is 1. The van der Waals surface area contributed by atoms with E-state index in [9.17, 15) is 9.50 Å². The number of benzene rings is 2. The quantitative estimate of drug-likeness (QED) is 0.316. The van der Waals surface area contributed by atoms with E-state index in [1.165, 1.54) is 6.07 Å². The van der Waals surface area contributed by atoms with Crippen molar-refractivity contribution in [2.75, 3.05) is 37.7 Å². The van der Waals surface area contributed by atoms with E-state index in [2.05, 4.69) is 26.0 Å². The highest BCUT2D eigenvalue weighted by molar-refractivity contribution is 6.03. The van der Waals surface area contributed by atoms with Crippen LogP contribution in [0, 0.1) is 25.1 Å². The van der Waals surface area contributed by atoms with Gasteiger partial charge in [0.1, 0.15) is 35.6 Å². The van der Waals surface area contributed by atoms with Crippen molar-refractivity contribution >= 4 is 27.5 Å². The van der Waals surface area contributed by atoms with E-state index in [1.807, 2.05) is 13.0 Å². The summed E-state index contributed by atoms with van der Waals surface area (Å²) in [5.74, 6) is 2.63. The van der Waals surface area contributed by atoms with E-state index in [-0.39, 0.29) is 29.6 Å². The molecule has 4 aliphatic rings. The highest BCUT2D eigenvalue weighted by Crippen LogP contribution is 2.42. The molecule has 2 aromatic heterocycles. The molecular formula is C34H34F2N6O2. The van der Waals surface area contributed by atoms with Crippen LogP contribution in [-0.4, -0.2) is 81.5 Å². The third-order valence-corrected chi connectivity index (χ3v) is 10.0. The number of phenolic OH excluding ortho intramolecular Hbond substituents is 1. The summed E-state index contributed by atoms with van der Waals surface area (Å²) in [7, 11) is 0. The van der Waals surface area contributed by atoms with Gasteiger partial charge in [0, 0.05) is 54.7 Å². The van der Waals surface area contributed by atoms with Gasteiger partial charge in [-0.25, -0.2) is 13.8 Å². The van der Waals surface area contributed by atoms with Crippen LogP contribution in [0.15, 0.2) is 30.3 Å². The number of rotatable bonds is 5. The van der Waals surface area contributed by atoms with E-state index < -0.39 is 17.5 Å². The van der Waals surface area contributed by atoms with Gasteiger partial charge in [0.25, 0.3) is 0 Å². The van der Waals surface area contributed by atoms with Crippen molar-refractivity contribution in [3.8, 4) is 35.4 Å². The number of nitrogens with zero attached hydrogens (tertiary/aromatic N) is 5. The Kier molecular flexibility index (Phi) is 6.40. The summed E-state index contributed by atoms with van der Waals surface area (Å²) in [6.07, 6.45) is 9.36. The maximum Gasteiger partial charge on any atom is 0.319 e. The van der Waals surface area contributed by atoms with E-state index in [0.717, 1.165) is 45.3 Å². The monoisotopic (exact) mass is 596 g/mol. The Morgan fingerprint density at radius 2 is 1.95 bits per heavy atom. The molecule has 226 valence electrons. The van der Waals surface area contributed by atoms with Gasteiger partial charge in [-0.05, 0) is 62.7 Å². The van der Waals surface area contributed by atoms with Gasteiger partial charge >= 0.3 is 6.01 Å². The summed E-state index contributed by atoms with van der Waals surface area (Å²) in [6.45, 7) is 4.79. The number of hydrogen-bond acceptors (Lipinski definition) is 8. The van der Waals surface area contributed by atoms with Gasteiger partial charge in [-0.3, -0.25) is 4.90 Å². The number of hydrogen-bond donors (Lipinski definition) is 2. The molecule has 0 amide bonds. The Labute approximate surface area is 254 Å². The summed E-state index contributed by atoms with van der Waals surface area (Å²) >= 11 is 0. The standard InChI is InChI=1S/C34H34F2N6O2/c1-3-20-6-4-7-21-12-25(43)13-26(28(20)21)30-29(36)31-27(19(2)37-30)32(41-16-23-8-9-24(17-41)38-23)40-33(39-31)44-18-34-10-5-11-42(34)15-22(35)14-34/h1,4,6-7,12-13,22-24,38,43H,5,8-11,14-18H2,2H3/t22-,23?,24?,34+/m1/s1. The number of terminal acetylenes is 1. The molecule has 4 fully saturated rings. The second-order valence-corrected chi connectivity index (χ2v) is 12.9. The third kappa shape index (κ3) is 4.36. The zero-order valence-corrected chi connectivity index (χ0v) is 24.6. The predicted octanol–water partition coefficient (Wildman–Crippen LogP) is 4.88. The zero-order chi connectivity index (χ0) is 30.2. The first-order valence-corrected chi connectivity index (χ1v) is 15.5. The van der Waals surface area contributed by atoms with Crippen LogP contribution in [-0.2, 0) is 0 Å². The van der Waals surface area contributed by atoms with Crippen molar-refractivity contribution in [2.45, 2.75) is 62.8 Å². The number of aromatic nitrogens is 3. The summed E-state index contributed by atoms with van der Waals surface area (Å²) in [4.78, 5) is 18.7. The lowest BCUT2D eigenvalue weighted by Crippen LogP contribution is -2.51. The van der Waals surface area contributed by atoms with E-state index in [1.54, 1.807) is 18.2 Å². The van der Waals surface area contributed by atoms with Crippen LogP contribution in [0.3, 0.4) is 0 Å². The van der Waals surface area contributed by atoms with Crippen LogP contribution in [0.1, 0.15) is 43.4 Å². The van der Waals surface area contributed by atoms with Gasteiger partial charge in [0.15, 0.2) is 5.82 Å². The fourth-order valence-electron chi connectivity index (χ4n) is 8.11. The molecule has 4 atom stereocenters. The normalized spacial score (nSPS) is 26.4. The molecule has 0 radical (unpaired) electrons. The molecule has 0 spiro atoms. The Morgan fingerprint density at radius 1 is 1.14 bits per heavy atom. The summed E-state index contributed by atoms with van der Waals surface area (Å²) in [5.41, 5.74) is 1.28. The second-order valence-electron chi connectivity index (χ2n) is 12.9. The topological polar surface area (TPSA) is 86.6 Å². The highest BCUT2D eigenvalue weighted by Gasteiger charge is 2.49. The summed E-state index contributed by atoms with van der Waals surface area (Å²) in [5, 5.41) is 16.1. The van der Waals surface area contributed by atoms with Gasteiger partial charge in [-0.2, -0.15) is 9.97 Å². The summed E-state index contributed by atoms with van der Waals surface area (Å²) < 4.78 is 37.7. The molecular weight excluding hydrogens is 562 g/mol. The lowest BCUT2D eigenvalue weighted by atomic mass is 9.95. The van der Waals surface area contributed by atoms with Crippen molar-refractivity contribution in [2.24, 2.45) is 0 Å². The molecule has 0 saturated carbocycles. The van der Waals surface area contributed by atoms with Gasteiger partial charge in [-0.1, -0.05) is 18.1 Å². The maximum atomic E-state index is 16.9. The molecule has 4 saturated heterocycles. The number of nitrogens with one attached hydrogen (secondary N) is 1. The van der Waals surface area contributed by atoms with Gasteiger partial charge in [-0.15, -0.1) is 6.42 Å². The Bertz CT molecular complexity index is 1850. The Morgan fingerprint density at radius 3 is 2.75 bits per heavy atom. The molecule has 2 N–H and O–H groups in total. The van der Waals surface area contributed by atoms with E-state index >= 15 is 4.39 Å². The van der Waals surface area contributed by atoms with Crippen LogP contribution < -0.4 is 15.0 Å². The number of fused-ring (bicyclic) bond motifs is 5. The SMILES string of the molecule is C#Cc1cccc2cc(O)cc(-c3nc(C)c4c(N5CC6CCC(C5)N6)nc(OC[C@@]56CCCN5C[C@H](F)C6)nc4c3F)c12. The average molecular weight is 597 g/mol. The molecule has 6 heterocycles. The lowest BCUT2D eigenvalue weighted by molar-refractivity contribution is 0.107. The molecule has 2 unspecified atom stereocenters. The fraction of sp³-hybridized carbons (Fsp3) is 0.441. The number of anilines is 1. The van der Waals surface area contributed by atoms with E-state index in [0.29, 0.717) is 63.8 Å². The smallest absolute Gasteiger partial charge is 0.319 e. The molecule has 44 heavy (non-hydrogen) atoms. The molecule has 8 rings (SSSR count). The Balaban J connectivity index is 1.30. The predicted molar refractivity (Wildman–Crippen MR) is 165 cm³/mol. The van der Waals surface area contributed by atoms with Crippen molar-refractivity contribution in [3.05, 3.63) is 47.4 Å². The number of aryl methyl sites for hydroxylation is 1. The lowest BCUT2D eigenvalue weighted by Gasteiger charge is -2.35. The van der Waals surface area contributed by atoms with Gasteiger partial charge in [0.05, 0.1) is 16.6 Å². The molecule has 4 aliphatic heterocycles. The Hall–Kier alpha value is -4.07. The van der Waals surface area contributed by atoms with Crippen LogP contribution >= 0.6 is 0 Å². The number of piperazine rings is 1. The van der Waals surface area contributed by atoms with Gasteiger partial charge in [0.2, 0.25) is 0 Å². The van der Waals surface area contributed by atoms with Crippen molar-refractivity contribution in [1.82, 2.24) is 25.2 Å². The van der Waals surface area contributed by atoms with Crippen LogP contribution in [0.25, 0.3) is 32.9 Å². The molecule has 10 heteroatoms. The number of ether oxygens (including phenoxy) is 1. The largest absolute Gasteiger partial charge is 0.508 e. The van der Waals surface area contributed by atoms with E-state index in [4.69, 9.17) is 21.1 Å². The number of phenols is 1. The average Bonchev–Trinajstić information content (AvgIpc) is 3.66. The molecule has 8 nitrogen and oxygen atoms in total. The molecule has 4 aromatic rings. The fourth-order valence-corrected chi connectivity index (χ4v) is 8.11.